The number of aryl methyl sites for hydroxylation is 1. The van der Waals surface area contributed by atoms with Gasteiger partial charge in [-0.15, -0.1) is 0 Å². The van der Waals surface area contributed by atoms with Gasteiger partial charge < -0.3 is 16.4 Å². The lowest BCUT2D eigenvalue weighted by Crippen LogP contribution is -2.20. The highest BCUT2D eigenvalue weighted by molar-refractivity contribution is 5.63. The molecule has 1 aromatic rings. The Kier molecular flexibility index (Phi) is 7.70. The maximum absolute atomic E-state index is 14.3. The van der Waals surface area contributed by atoms with Crippen molar-refractivity contribution in [3.8, 4) is 0 Å². The average Bonchev–Trinajstić information content (AvgIpc) is 3.54. The van der Waals surface area contributed by atoms with Crippen molar-refractivity contribution >= 4 is 5.70 Å². The van der Waals surface area contributed by atoms with Gasteiger partial charge in [-0.1, -0.05) is 31.4 Å². The third kappa shape index (κ3) is 6.60. The molecule has 3 rings (SSSR count). The summed E-state index contributed by atoms with van der Waals surface area (Å²) in [6, 6.07) is 6.09. The largest absolute Gasteiger partial charge is 0.399 e. The van der Waals surface area contributed by atoms with Gasteiger partial charge in [-0.05, 0) is 86.8 Å². The predicted molar refractivity (Wildman–Crippen MR) is 121 cm³/mol. The predicted octanol–water partition coefficient (Wildman–Crippen LogP) is 4.97. The van der Waals surface area contributed by atoms with Crippen molar-refractivity contribution in [1.29, 1.82) is 0 Å². The van der Waals surface area contributed by atoms with Gasteiger partial charge in [-0.2, -0.15) is 0 Å². The summed E-state index contributed by atoms with van der Waals surface area (Å²) in [5.41, 5.74) is 11.2. The Morgan fingerprint density at radius 2 is 1.83 bits per heavy atom. The molecule has 0 radical (unpaired) electrons. The summed E-state index contributed by atoms with van der Waals surface area (Å²) >= 11 is 0. The first-order valence-corrected chi connectivity index (χ1v) is 10.8. The van der Waals surface area contributed by atoms with E-state index in [1.54, 1.807) is 6.07 Å². The van der Waals surface area contributed by atoms with Crippen molar-refractivity contribution in [3.05, 3.63) is 77.3 Å². The molecule has 0 spiro atoms. The lowest BCUT2D eigenvalue weighted by atomic mass is 9.91. The summed E-state index contributed by atoms with van der Waals surface area (Å²) in [6.07, 6.45) is 13.0. The maximum atomic E-state index is 14.3. The molecule has 2 aliphatic rings. The first-order valence-electron chi connectivity index (χ1n) is 10.8. The molecule has 0 unspecified atom stereocenters. The van der Waals surface area contributed by atoms with E-state index in [4.69, 9.17) is 5.73 Å². The number of hydrogen-bond donors (Lipinski definition) is 3. The zero-order valence-corrected chi connectivity index (χ0v) is 17.4. The summed E-state index contributed by atoms with van der Waals surface area (Å²) in [6.45, 7) is 9.81. The van der Waals surface area contributed by atoms with Crippen LogP contribution in [0.3, 0.4) is 0 Å². The number of hydrogen-bond acceptors (Lipinski definition) is 3. The minimum atomic E-state index is -0.227. The Morgan fingerprint density at radius 3 is 2.59 bits per heavy atom. The van der Waals surface area contributed by atoms with Crippen LogP contribution in [0, 0.1) is 5.82 Å². The quantitative estimate of drug-likeness (QED) is 0.438. The van der Waals surface area contributed by atoms with Gasteiger partial charge in [-0.3, -0.25) is 0 Å². The molecule has 0 aromatic heterocycles. The van der Waals surface area contributed by atoms with E-state index in [1.807, 2.05) is 12.1 Å². The molecule has 0 saturated heterocycles. The molecule has 0 aliphatic heterocycles. The molecule has 0 bridgehead atoms. The van der Waals surface area contributed by atoms with Gasteiger partial charge in [0.2, 0.25) is 0 Å². The molecule has 156 valence electrons. The van der Waals surface area contributed by atoms with E-state index >= 15 is 0 Å². The summed E-state index contributed by atoms with van der Waals surface area (Å²) < 4.78 is 14.3. The molecule has 1 aromatic carbocycles. The van der Waals surface area contributed by atoms with Crippen LogP contribution in [0.15, 0.2) is 60.4 Å². The highest BCUT2D eigenvalue weighted by Crippen LogP contribution is 2.27. The molecular weight excluding hydrogens is 361 g/mol. The van der Waals surface area contributed by atoms with Gasteiger partial charge in [0.15, 0.2) is 0 Å². The minimum absolute atomic E-state index is 0.227. The van der Waals surface area contributed by atoms with E-state index in [0.717, 1.165) is 68.8 Å². The van der Waals surface area contributed by atoms with Crippen molar-refractivity contribution in [1.82, 2.24) is 10.6 Å². The Hall–Kier alpha value is -2.33. The van der Waals surface area contributed by atoms with Crippen LogP contribution in [-0.2, 0) is 6.42 Å². The number of rotatable bonds is 12. The Balaban J connectivity index is 1.49. The van der Waals surface area contributed by atoms with Crippen molar-refractivity contribution in [2.75, 3.05) is 13.1 Å². The van der Waals surface area contributed by atoms with E-state index in [1.165, 1.54) is 18.4 Å². The molecule has 2 aliphatic carbocycles. The Bertz CT molecular complexity index is 802. The zero-order valence-electron chi connectivity index (χ0n) is 17.4. The molecule has 1 fully saturated rings. The zero-order chi connectivity index (χ0) is 20.6. The van der Waals surface area contributed by atoms with E-state index in [0.29, 0.717) is 17.0 Å². The summed E-state index contributed by atoms with van der Waals surface area (Å²) in [4.78, 5) is 0. The van der Waals surface area contributed by atoms with Gasteiger partial charge >= 0.3 is 0 Å². The second-order valence-corrected chi connectivity index (χ2v) is 8.10. The van der Waals surface area contributed by atoms with Gasteiger partial charge in [0.1, 0.15) is 5.82 Å². The van der Waals surface area contributed by atoms with Crippen LogP contribution in [0.4, 0.5) is 4.39 Å². The average molecular weight is 396 g/mol. The molecule has 0 atom stereocenters. The highest BCUT2D eigenvalue weighted by atomic mass is 19.1. The highest BCUT2D eigenvalue weighted by Gasteiger charge is 2.19. The number of benzene rings is 1. The van der Waals surface area contributed by atoms with Gasteiger partial charge in [0.05, 0.1) is 0 Å². The SMILES string of the molecule is C=C(N)C1=CCCC=C1CCc1ccc(F)c(C(=C)NCCCCNC2CC2)c1. The molecule has 0 amide bonds. The molecule has 29 heavy (non-hydrogen) atoms. The number of allylic oxidation sites excluding steroid dienone is 3. The van der Waals surface area contributed by atoms with Crippen LogP contribution in [0.2, 0.25) is 0 Å². The van der Waals surface area contributed by atoms with E-state index in [2.05, 4.69) is 35.9 Å². The van der Waals surface area contributed by atoms with Gasteiger partial charge in [-0.25, -0.2) is 4.39 Å². The fourth-order valence-electron chi connectivity index (χ4n) is 3.72. The molecule has 3 nitrogen and oxygen atoms in total. The van der Waals surface area contributed by atoms with Crippen molar-refractivity contribution in [3.63, 3.8) is 0 Å². The Labute approximate surface area is 174 Å². The maximum Gasteiger partial charge on any atom is 0.132 e. The third-order valence-electron chi connectivity index (χ3n) is 5.59. The van der Waals surface area contributed by atoms with Crippen LogP contribution >= 0.6 is 0 Å². The van der Waals surface area contributed by atoms with Crippen LogP contribution in [0.25, 0.3) is 5.70 Å². The molecular formula is C25H34FN3. The summed E-state index contributed by atoms with van der Waals surface area (Å²) in [5, 5.41) is 6.80. The van der Waals surface area contributed by atoms with E-state index < -0.39 is 0 Å². The third-order valence-corrected chi connectivity index (χ3v) is 5.59. The number of nitrogens with one attached hydrogen (secondary N) is 2. The standard InChI is InChI=1S/C25H34FN3/c1-18(27)23-8-4-3-7-21(23)11-9-20-10-14-25(26)24(17-20)19(2)28-15-5-6-16-29-22-12-13-22/h7-8,10,14,17,22,28-29H,1-6,9,11-13,15-16,27H2. The van der Waals surface area contributed by atoms with Crippen LogP contribution in [-0.4, -0.2) is 19.1 Å². The van der Waals surface area contributed by atoms with Crippen molar-refractivity contribution in [2.45, 2.75) is 57.4 Å². The topological polar surface area (TPSA) is 50.1 Å². The molecule has 4 heteroatoms. The van der Waals surface area contributed by atoms with Crippen LogP contribution in [0.5, 0.6) is 0 Å². The fraction of sp³-hybridized carbons (Fsp3) is 0.440. The number of halogens is 1. The first-order chi connectivity index (χ1) is 14.0. The normalized spacial score (nSPS) is 16.2. The second kappa shape index (κ2) is 10.4. The van der Waals surface area contributed by atoms with Crippen molar-refractivity contribution in [2.24, 2.45) is 5.73 Å². The minimum Gasteiger partial charge on any atom is -0.399 e. The van der Waals surface area contributed by atoms with Crippen LogP contribution in [0.1, 0.15) is 56.1 Å². The Morgan fingerprint density at radius 1 is 1.07 bits per heavy atom. The molecule has 4 N–H and O–H groups in total. The monoisotopic (exact) mass is 395 g/mol. The lowest BCUT2D eigenvalue weighted by molar-refractivity contribution is 0.606. The first kappa shape index (κ1) is 21.4. The van der Waals surface area contributed by atoms with Gasteiger partial charge in [0, 0.05) is 29.5 Å². The molecule has 1 saturated carbocycles. The smallest absolute Gasteiger partial charge is 0.132 e. The second-order valence-electron chi connectivity index (χ2n) is 8.10. The molecule has 0 heterocycles. The summed E-state index contributed by atoms with van der Waals surface area (Å²) in [7, 11) is 0. The number of nitrogens with two attached hydrogens (primary N) is 1. The van der Waals surface area contributed by atoms with Crippen molar-refractivity contribution < 1.29 is 4.39 Å². The van der Waals surface area contributed by atoms with E-state index in [-0.39, 0.29) is 5.82 Å². The van der Waals surface area contributed by atoms with Crippen LogP contribution < -0.4 is 16.4 Å². The fourth-order valence-corrected chi connectivity index (χ4v) is 3.72. The van der Waals surface area contributed by atoms with E-state index in [9.17, 15) is 4.39 Å². The lowest BCUT2D eigenvalue weighted by Gasteiger charge is -2.17. The number of unbranched alkanes of at least 4 members (excludes halogenated alkanes) is 1. The summed E-state index contributed by atoms with van der Waals surface area (Å²) in [5.74, 6) is -0.227. The van der Waals surface area contributed by atoms with Gasteiger partial charge in [0.25, 0.3) is 0 Å².